The SMILES string of the molecule is Cc1ccc(S(=O)(=O)NCCC(=O)OCc2nc(-c3ccc(Cl)cc3)no2)cc1. The van der Waals surface area contributed by atoms with E-state index in [0.717, 1.165) is 5.56 Å². The van der Waals surface area contributed by atoms with E-state index in [-0.39, 0.29) is 30.4 Å². The van der Waals surface area contributed by atoms with Crippen LogP contribution in [0.3, 0.4) is 0 Å². The van der Waals surface area contributed by atoms with Gasteiger partial charge >= 0.3 is 5.97 Å². The van der Waals surface area contributed by atoms with Gasteiger partial charge in [-0.05, 0) is 43.3 Å². The van der Waals surface area contributed by atoms with Crippen molar-refractivity contribution in [2.24, 2.45) is 0 Å². The molecule has 3 aromatic rings. The molecule has 0 spiro atoms. The van der Waals surface area contributed by atoms with Crippen LogP contribution in [-0.2, 0) is 26.2 Å². The summed E-state index contributed by atoms with van der Waals surface area (Å²) in [6.07, 6.45) is -0.136. The summed E-state index contributed by atoms with van der Waals surface area (Å²) in [5.41, 5.74) is 1.66. The van der Waals surface area contributed by atoms with Gasteiger partial charge in [0.1, 0.15) is 0 Å². The molecule has 0 amide bonds. The first-order valence-electron chi connectivity index (χ1n) is 8.64. The van der Waals surface area contributed by atoms with Gasteiger partial charge in [-0.2, -0.15) is 4.98 Å². The van der Waals surface area contributed by atoms with E-state index in [1.165, 1.54) is 12.1 Å². The minimum atomic E-state index is -3.68. The Balaban J connectivity index is 1.45. The van der Waals surface area contributed by atoms with Crippen molar-refractivity contribution in [2.75, 3.05) is 6.54 Å². The van der Waals surface area contributed by atoms with Crippen LogP contribution in [0.5, 0.6) is 0 Å². The molecule has 152 valence electrons. The van der Waals surface area contributed by atoms with E-state index in [0.29, 0.717) is 16.4 Å². The molecule has 8 nitrogen and oxygen atoms in total. The largest absolute Gasteiger partial charge is 0.456 e. The van der Waals surface area contributed by atoms with Crippen LogP contribution in [-0.4, -0.2) is 31.1 Å². The lowest BCUT2D eigenvalue weighted by Gasteiger charge is -2.07. The van der Waals surface area contributed by atoms with E-state index in [4.69, 9.17) is 20.9 Å². The minimum absolute atomic E-state index is 0.0884. The first-order valence-corrected chi connectivity index (χ1v) is 10.5. The zero-order chi connectivity index (χ0) is 20.9. The lowest BCUT2D eigenvalue weighted by Crippen LogP contribution is -2.26. The highest BCUT2D eigenvalue weighted by Crippen LogP contribution is 2.18. The third-order valence-corrected chi connectivity index (χ3v) is 5.61. The van der Waals surface area contributed by atoms with Gasteiger partial charge in [0.05, 0.1) is 11.3 Å². The quantitative estimate of drug-likeness (QED) is 0.541. The number of halogens is 1. The topological polar surface area (TPSA) is 111 Å². The second-order valence-corrected chi connectivity index (χ2v) is 8.34. The van der Waals surface area contributed by atoms with Crippen LogP contribution in [0.25, 0.3) is 11.4 Å². The third-order valence-electron chi connectivity index (χ3n) is 3.88. The van der Waals surface area contributed by atoms with Gasteiger partial charge in [-0.1, -0.05) is 34.5 Å². The maximum Gasteiger partial charge on any atom is 0.307 e. The van der Waals surface area contributed by atoms with E-state index in [9.17, 15) is 13.2 Å². The molecule has 0 fully saturated rings. The van der Waals surface area contributed by atoms with E-state index < -0.39 is 16.0 Å². The molecule has 0 aliphatic carbocycles. The van der Waals surface area contributed by atoms with E-state index in [1.807, 2.05) is 6.92 Å². The van der Waals surface area contributed by atoms with Gasteiger partial charge in [0, 0.05) is 17.1 Å². The van der Waals surface area contributed by atoms with Crippen molar-refractivity contribution in [3.8, 4) is 11.4 Å². The fraction of sp³-hybridized carbons (Fsp3) is 0.211. The number of esters is 1. The van der Waals surface area contributed by atoms with Gasteiger partial charge in [-0.15, -0.1) is 0 Å². The smallest absolute Gasteiger partial charge is 0.307 e. The molecule has 0 aliphatic heterocycles. The van der Waals surface area contributed by atoms with Crippen molar-refractivity contribution in [2.45, 2.75) is 24.8 Å². The van der Waals surface area contributed by atoms with Gasteiger partial charge in [-0.3, -0.25) is 4.79 Å². The first-order chi connectivity index (χ1) is 13.8. The highest BCUT2D eigenvalue weighted by atomic mass is 35.5. The average Bonchev–Trinajstić information content (AvgIpc) is 3.16. The van der Waals surface area contributed by atoms with Crippen molar-refractivity contribution < 1.29 is 22.5 Å². The highest BCUT2D eigenvalue weighted by Gasteiger charge is 2.15. The monoisotopic (exact) mass is 435 g/mol. The summed E-state index contributed by atoms with van der Waals surface area (Å²) in [7, 11) is -3.68. The summed E-state index contributed by atoms with van der Waals surface area (Å²) in [4.78, 5) is 16.1. The first kappa shape index (κ1) is 21.0. The summed E-state index contributed by atoms with van der Waals surface area (Å²) in [6, 6.07) is 13.3. The molecule has 2 aromatic carbocycles. The maximum atomic E-state index is 12.2. The fourth-order valence-corrected chi connectivity index (χ4v) is 3.49. The highest BCUT2D eigenvalue weighted by molar-refractivity contribution is 7.89. The average molecular weight is 436 g/mol. The molecule has 0 radical (unpaired) electrons. The van der Waals surface area contributed by atoms with Crippen molar-refractivity contribution in [3.63, 3.8) is 0 Å². The predicted molar refractivity (Wildman–Crippen MR) is 106 cm³/mol. The second kappa shape index (κ2) is 9.17. The zero-order valence-electron chi connectivity index (χ0n) is 15.5. The van der Waals surface area contributed by atoms with Gasteiger partial charge in [0.25, 0.3) is 5.89 Å². The second-order valence-electron chi connectivity index (χ2n) is 6.14. The number of carbonyl (C=O) groups is 1. The molecule has 1 aromatic heterocycles. The van der Waals surface area contributed by atoms with Crippen LogP contribution < -0.4 is 4.72 Å². The van der Waals surface area contributed by atoms with Crippen molar-refractivity contribution in [3.05, 3.63) is 65.0 Å². The summed E-state index contributed by atoms with van der Waals surface area (Å²) in [6.45, 7) is 1.57. The summed E-state index contributed by atoms with van der Waals surface area (Å²) in [5.74, 6) is -0.120. The summed E-state index contributed by atoms with van der Waals surface area (Å²) in [5, 5.41) is 4.40. The third kappa shape index (κ3) is 5.86. The summed E-state index contributed by atoms with van der Waals surface area (Å²) >= 11 is 5.84. The molecule has 0 saturated carbocycles. The lowest BCUT2D eigenvalue weighted by molar-refractivity contribution is -0.145. The zero-order valence-corrected chi connectivity index (χ0v) is 17.0. The molecule has 29 heavy (non-hydrogen) atoms. The number of ether oxygens (including phenoxy) is 1. The summed E-state index contributed by atoms with van der Waals surface area (Å²) < 4.78 is 36.8. The molecule has 0 bridgehead atoms. The Morgan fingerprint density at radius 1 is 1.14 bits per heavy atom. The molecule has 1 heterocycles. The Kier molecular flexibility index (Phi) is 6.63. The number of nitrogens with one attached hydrogen (secondary N) is 1. The van der Waals surface area contributed by atoms with Crippen LogP contribution in [0.2, 0.25) is 5.02 Å². The van der Waals surface area contributed by atoms with Gasteiger partial charge in [0.15, 0.2) is 6.61 Å². The lowest BCUT2D eigenvalue weighted by atomic mass is 10.2. The molecule has 1 N–H and O–H groups in total. The molecule has 0 atom stereocenters. The van der Waals surface area contributed by atoms with Gasteiger partial charge in [-0.25, -0.2) is 13.1 Å². The van der Waals surface area contributed by atoms with Crippen LogP contribution in [0.4, 0.5) is 0 Å². The molecule has 0 saturated heterocycles. The number of aryl methyl sites for hydroxylation is 1. The Hall–Kier alpha value is -2.75. The van der Waals surface area contributed by atoms with Crippen LogP contribution >= 0.6 is 11.6 Å². The Morgan fingerprint density at radius 2 is 1.83 bits per heavy atom. The number of aromatic nitrogens is 2. The van der Waals surface area contributed by atoms with E-state index in [2.05, 4.69) is 14.9 Å². The van der Waals surface area contributed by atoms with E-state index >= 15 is 0 Å². The molecular weight excluding hydrogens is 418 g/mol. The predicted octanol–water partition coefficient (Wildman–Crippen LogP) is 3.11. The number of nitrogens with zero attached hydrogens (tertiary/aromatic N) is 2. The number of carbonyl (C=O) groups excluding carboxylic acids is 1. The standard InChI is InChI=1S/C19H18ClN3O5S/c1-13-2-8-16(9-3-13)29(25,26)21-11-10-18(24)27-12-17-22-19(23-28-17)14-4-6-15(20)7-5-14/h2-9,21H,10-12H2,1H3. The van der Waals surface area contributed by atoms with Crippen LogP contribution in [0.15, 0.2) is 57.9 Å². The minimum Gasteiger partial charge on any atom is -0.456 e. The Morgan fingerprint density at radius 3 is 2.52 bits per heavy atom. The Bertz CT molecular complexity index is 1080. The number of hydrogen-bond acceptors (Lipinski definition) is 7. The number of hydrogen-bond donors (Lipinski definition) is 1. The molecular formula is C19H18ClN3O5S. The Labute approximate surface area is 172 Å². The number of sulfonamides is 1. The van der Waals surface area contributed by atoms with Crippen molar-refractivity contribution in [1.82, 2.24) is 14.9 Å². The fourth-order valence-electron chi connectivity index (χ4n) is 2.33. The van der Waals surface area contributed by atoms with Crippen molar-refractivity contribution in [1.29, 1.82) is 0 Å². The number of benzene rings is 2. The molecule has 0 aliphatic rings. The normalized spacial score (nSPS) is 11.4. The van der Waals surface area contributed by atoms with Crippen LogP contribution in [0, 0.1) is 6.92 Å². The van der Waals surface area contributed by atoms with Gasteiger partial charge < -0.3 is 9.26 Å². The molecule has 10 heteroatoms. The molecule has 0 unspecified atom stereocenters. The number of rotatable bonds is 8. The van der Waals surface area contributed by atoms with E-state index in [1.54, 1.807) is 36.4 Å². The van der Waals surface area contributed by atoms with Gasteiger partial charge in [0.2, 0.25) is 15.8 Å². The van der Waals surface area contributed by atoms with Crippen molar-refractivity contribution >= 4 is 27.6 Å². The maximum absolute atomic E-state index is 12.2. The molecule has 3 rings (SSSR count). The van der Waals surface area contributed by atoms with Crippen LogP contribution in [0.1, 0.15) is 17.9 Å².